The van der Waals surface area contributed by atoms with Crippen LogP contribution in [0, 0.1) is 12.3 Å². The highest BCUT2D eigenvalue weighted by molar-refractivity contribution is 7.89. The molecule has 1 aliphatic heterocycles. The lowest BCUT2D eigenvalue weighted by atomic mass is 9.81. The highest BCUT2D eigenvalue weighted by atomic mass is 32.2. The monoisotopic (exact) mass is 437 g/mol. The molecule has 1 saturated heterocycles. The van der Waals surface area contributed by atoms with Gasteiger partial charge >= 0.3 is 0 Å². The van der Waals surface area contributed by atoms with E-state index in [9.17, 15) is 13.2 Å². The molecule has 1 heterocycles. The molecule has 162 valence electrons. The van der Waals surface area contributed by atoms with E-state index in [0.29, 0.717) is 0 Å². The predicted molar refractivity (Wildman–Crippen MR) is 120 cm³/mol. The van der Waals surface area contributed by atoms with E-state index < -0.39 is 27.6 Å². The maximum atomic E-state index is 13.7. The molecule has 0 aromatic heterocycles. The smallest absolute Gasteiger partial charge is 0.246 e. The summed E-state index contributed by atoms with van der Waals surface area (Å²) in [5.74, 6) is -0.394. The second-order valence-corrected chi connectivity index (χ2v) is 11.0. The number of allylic oxidation sites excluding steroid dienone is 2. The first-order valence-electron chi connectivity index (χ1n) is 10.3. The summed E-state index contributed by atoms with van der Waals surface area (Å²) in [5, 5.41) is 0. The molecule has 0 N–H and O–H groups in total. The normalized spacial score (nSPS) is 24.6. The van der Waals surface area contributed by atoms with Crippen molar-refractivity contribution in [3.8, 4) is 0 Å². The molecule has 6 heteroatoms. The average molecular weight is 438 g/mol. The van der Waals surface area contributed by atoms with Crippen molar-refractivity contribution in [2.75, 3.05) is 6.54 Å². The predicted octanol–water partition coefficient (Wildman–Crippen LogP) is 4.56. The number of ketones is 1. The van der Waals surface area contributed by atoms with E-state index in [1.54, 1.807) is 36.4 Å². The molecule has 2 aromatic carbocycles. The number of ether oxygens (including phenoxy) is 1. The molecule has 2 atom stereocenters. The molecule has 0 radical (unpaired) electrons. The van der Waals surface area contributed by atoms with Crippen molar-refractivity contribution in [3.63, 3.8) is 0 Å². The van der Waals surface area contributed by atoms with Crippen LogP contribution in [0.15, 0.2) is 83.3 Å². The first kappa shape index (κ1) is 21.7. The Morgan fingerprint density at radius 2 is 1.65 bits per heavy atom. The third-order valence-electron chi connectivity index (χ3n) is 5.79. The van der Waals surface area contributed by atoms with Crippen LogP contribution >= 0.6 is 0 Å². The number of hydrogen-bond acceptors (Lipinski definition) is 4. The van der Waals surface area contributed by atoms with Crippen LogP contribution < -0.4 is 0 Å². The molecule has 4 rings (SSSR count). The van der Waals surface area contributed by atoms with E-state index in [1.165, 1.54) is 10.4 Å². The Kier molecular flexibility index (Phi) is 5.28. The standard InChI is InChI=1S/C25H27NO4S/c1-18-10-13-21(14-11-18)31(28,29)26-17-22(19-8-6-5-7-9-19)30-25(26)16-20(24(2,3)4)12-15-23(25)27/h5-16,22H,17H2,1-4H3/t22-,25+/m1/s1. The molecule has 5 nitrogen and oxygen atoms in total. The number of sulfonamides is 1. The zero-order valence-corrected chi connectivity index (χ0v) is 19.0. The number of rotatable bonds is 3. The molecule has 2 aromatic rings. The van der Waals surface area contributed by atoms with Crippen LogP contribution in [0.1, 0.15) is 38.0 Å². The molecule has 0 saturated carbocycles. The van der Waals surface area contributed by atoms with E-state index in [-0.39, 0.29) is 16.9 Å². The minimum absolute atomic E-state index is 0.0493. The Hall–Kier alpha value is -2.54. The number of hydrogen-bond donors (Lipinski definition) is 0. The summed E-state index contributed by atoms with van der Waals surface area (Å²) in [6.07, 6.45) is 4.31. The maximum absolute atomic E-state index is 13.7. The van der Waals surface area contributed by atoms with Gasteiger partial charge in [0.1, 0.15) is 0 Å². The molecule has 1 fully saturated rings. The van der Waals surface area contributed by atoms with Crippen molar-refractivity contribution < 1.29 is 17.9 Å². The quantitative estimate of drug-likeness (QED) is 0.706. The van der Waals surface area contributed by atoms with Crippen LogP contribution in [-0.2, 0) is 19.6 Å². The van der Waals surface area contributed by atoms with Crippen molar-refractivity contribution in [2.24, 2.45) is 5.41 Å². The van der Waals surface area contributed by atoms with Crippen LogP contribution in [0.5, 0.6) is 0 Å². The number of carbonyl (C=O) groups excluding carboxylic acids is 1. The van der Waals surface area contributed by atoms with Gasteiger partial charge in [-0.2, -0.15) is 4.31 Å². The largest absolute Gasteiger partial charge is 0.339 e. The number of nitrogens with zero attached hydrogens (tertiary/aromatic N) is 1. The van der Waals surface area contributed by atoms with Crippen molar-refractivity contribution in [1.82, 2.24) is 4.31 Å². The summed E-state index contributed by atoms with van der Waals surface area (Å²) in [4.78, 5) is 13.4. The van der Waals surface area contributed by atoms with E-state index in [4.69, 9.17) is 4.74 Å². The summed E-state index contributed by atoms with van der Waals surface area (Å²) in [7, 11) is -4.00. The van der Waals surface area contributed by atoms with Gasteiger partial charge in [-0.25, -0.2) is 8.42 Å². The van der Waals surface area contributed by atoms with Crippen molar-refractivity contribution in [1.29, 1.82) is 0 Å². The Morgan fingerprint density at radius 3 is 2.26 bits per heavy atom. The fraction of sp³-hybridized carbons (Fsp3) is 0.320. The molecule has 0 bridgehead atoms. The van der Waals surface area contributed by atoms with Crippen molar-refractivity contribution in [2.45, 2.75) is 44.4 Å². The SMILES string of the molecule is Cc1ccc(S(=O)(=O)N2C[C@H](c3ccccc3)O[C@]23C=C(C(C)(C)C)C=CC3=O)cc1. The molecule has 1 spiro atoms. The van der Waals surface area contributed by atoms with E-state index in [0.717, 1.165) is 16.7 Å². The van der Waals surface area contributed by atoms with Gasteiger partial charge in [0.15, 0.2) is 0 Å². The van der Waals surface area contributed by atoms with Gasteiger partial charge in [-0.1, -0.05) is 74.9 Å². The average Bonchev–Trinajstić information content (AvgIpc) is 3.11. The zero-order chi connectivity index (χ0) is 22.4. The van der Waals surface area contributed by atoms with Gasteiger partial charge in [0, 0.05) is 6.54 Å². The number of benzene rings is 2. The lowest BCUT2D eigenvalue weighted by molar-refractivity contribution is -0.139. The van der Waals surface area contributed by atoms with Crippen molar-refractivity contribution in [3.05, 3.63) is 89.5 Å². The summed E-state index contributed by atoms with van der Waals surface area (Å²) >= 11 is 0. The third kappa shape index (κ3) is 3.80. The van der Waals surface area contributed by atoms with E-state index >= 15 is 0 Å². The fourth-order valence-electron chi connectivity index (χ4n) is 3.92. The summed E-state index contributed by atoms with van der Waals surface area (Å²) < 4.78 is 35.0. The van der Waals surface area contributed by atoms with Gasteiger partial charge < -0.3 is 4.74 Å². The Labute approximate surface area is 184 Å². The molecule has 1 aliphatic carbocycles. The lowest BCUT2D eigenvalue weighted by Crippen LogP contribution is -2.53. The van der Waals surface area contributed by atoms with Gasteiger partial charge in [0.25, 0.3) is 0 Å². The molecule has 31 heavy (non-hydrogen) atoms. The van der Waals surface area contributed by atoms with Crippen LogP contribution in [0.4, 0.5) is 0 Å². The molecular weight excluding hydrogens is 410 g/mol. The number of aryl methyl sites for hydroxylation is 1. The molecule has 0 amide bonds. The highest BCUT2D eigenvalue weighted by Crippen LogP contribution is 2.45. The molecule has 2 aliphatic rings. The third-order valence-corrected chi connectivity index (χ3v) is 7.66. The Bertz CT molecular complexity index is 1160. The van der Waals surface area contributed by atoms with Crippen LogP contribution in [0.2, 0.25) is 0 Å². The van der Waals surface area contributed by atoms with Gasteiger partial charge in [0.05, 0.1) is 11.0 Å². The van der Waals surface area contributed by atoms with Gasteiger partial charge in [0.2, 0.25) is 21.5 Å². The van der Waals surface area contributed by atoms with Gasteiger partial charge in [-0.15, -0.1) is 0 Å². The molecular formula is C25H27NO4S. The summed E-state index contributed by atoms with van der Waals surface area (Å²) in [6.45, 7) is 8.02. The maximum Gasteiger partial charge on any atom is 0.246 e. The van der Waals surface area contributed by atoms with E-state index in [2.05, 4.69) is 0 Å². The van der Waals surface area contributed by atoms with Gasteiger partial charge in [-0.05, 0) is 47.8 Å². The Balaban J connectivity index is 1.88. The zero-order valence-electron chi connectivity index (χ0n) is 18.2. The minimum atomic E-state index is -4.00. The summed E-state index contributed by atoms with van der Waals surface area (Å²) in [5.41, 5.74) is 0.653. The highest BCUT2D eigenvalue weighted by Gasteiger charge is 2.57. The van der Waals surface area contributed by atoms with Crippen LogP contribution in [0.3, 0.4) is 0 Å². The molecule has 0 unspecified atom stereocenters. The first-order chi connectivity index (χ1) is 14.5. The topological polar surface area (TPSA) is 63.7 Å². The lowest BCUT2D eigenvalue weighted by Gasteiger charge is -2.36. The van der Waals surface area contributed by atoms with Crippen LogP contribution in [0.25, 0.3) is 0 Å². The second kappa shape index (κ2) is 7.55. The Morgan fingerprint density at radius 1 is 1.00 bits per heavy atom. The number of carbonyl (C=O) groups is 1. The summed E-state index contributed by atoms with van der Waals surface area (Å²) in [6, 6.07) is 16.1. The minimum Gasteiger partial charge on any atom is -0.339 e. The van der Waals surface area contributed by atoms with Gasteiger partial charge in [-0.3, -0.25) is 4.79 Å². The first-order valence-corrected chi connectivity index (χ1v) is 11.8. The fourth-order valence-corrected chi connectivity index (χ4v) is 5.53. The van der Waals surface area contributed by atoms with Crippen molar-refractivity contribution >= 4 is 15.8 Å². The van der Waals surface area contributed by atoms with E-state index in [1.807, 2.05) is 58.0 Å². The second-order valence-electron chi connectivity index (χ2n) is 9.11. The van der Waals surface area contributed by atoms with Crippen LogP contribution in [-0.4, -0.2) is 30.8 Å².